The third-order valence-corrected chi connectivity index (χ3v) is 2.70. The minimum atomic E-state index is 0.727. The van der Waals surface area contributed by atoms with Crippen molar-refractivity contribution in [1.29, 1.82) is 0 Å². The van der Waals surface area contributed by atoms with Gasteiger partial charge in [-0.25, -0.2) is 0 Å². The molecule has 2 rings (SSSR count). The number of anilines is 1. The van der Waals surface area contributed by atoms with Crippen LogP contribution in [0.5, 0.6) is 0 Å². The van der Waals surface area contributed by atoms with E-state index in [2.05, 4.69) is 28.5 Å². The van der Waals surface area contributed by atoms with Gasteiger partial charge in [-0.1, -0.05) is 18.2 Å². The Kier molecular flexibility index (Phi) is 3.37. The lowest BCUT2D eigenvalue weighted by molar-refractivity contribution is 0.202. The second kappa shape index (κ2) is 4.94. The summed E-state index contributed by atoms with van der Waals surface area (Å²) in [5.41, 5.74) is 3.41. The molecule has 1 aromatic heterocycles. The maximum Gasteiger partial charge on any atom is 0.0755 e. The lowest BCUT2D eigenvalue weighted by Gasteiger charge is -2.08. The fourth-order valence-electron chi connectivity index (χ4n) is 1.87. The number of nitrogens with zero attached hydrogens (tertiary/aromatic N) is 1. The van der Waals surface area contributed by atoms with Crippen LogP contribution >= 0.6 is 0 Å². The van der Waals surface area contributed by atoms with Gasteiger partial charge < -0.3 is 10.1 Å². The maximum atomic E-state index is 5.11. The summed E-state index contributed by atoms with van der Waals surface area (Å²) in [6.45, 7) is 0.727. The molecule has 0 saturated carbocycles. The van der Waals surface area contributed by atoms with E-state index in [0.29, 0.717) is 0 Å². The summed E-state index contributed by atoms with van der Waals surface area (Å²) in [5.74, 6) is 0. The van der Waals surface area contributed by atoms with Gasteiger partial charge >= 0.3 is 0 Å². The Labute approximate surface area is 95.5 Å². The topological polar surface area (TPSA) is 34.2 Å². The Morgan fingerprint density at radius 1 is 1.31 bits per heavy atom. The molecule has 3 heteroatoms. The molecule has 0 atom stereocenters. The molecule has 2 aromatic rings. The van der Waals surface area contributed by atoms with Crippen LogP contribution in [-0.4, -0.2) is 25.7 Å². The van der Waals surface area contributed by atoms with Crippen LogP contribution in [0.3, 0.4) is 0 Å². The first kappa shape index (κ1) is 10.9. The largest absolute Gasteiger partial charge is 0.388 e. The smallest absolute Gasteiger partial charge is 0.0755 e. The minimum absolute atomic E-state index is 0.727. The van der Waals surface area contributed by atoms with Crippen LogP contribution in [0.25, 0.3) is 10.9 Å². The molecule has 0 fully saturated rings. The van der Waals surface area contributed by atoms with E-state index in [1.807, 2.05) is 19.3 Å². The number of benzene rings is 1. The number of hydrogen-bond acceptors (Lipinski definition) is 3. The lowest BCUT2D eigenvalue weighted by atomic mass is 10.1. The monoisotopic (exact) mass is 216 g/mol. The summed E-state index contributed by atoms with van der Waals surface area (Å²) in [5, 5.41) is 4.35. The summed E-state index contributed by atoms with van der Waals surface area (Å²) in [4.78, 5) is 4.45. The van der Waals surface area contributed by atoms with Crippen molar-refractivity contribution in [3.63, 3.8) is 0 Å². The van der Waals surface area contributed by atoms with Crippen LogP contribution in [0.1, 0.15) is 5.56 Å². The molecule has 0 unspecified atom stereocenters. The highest BCUT2D eigenvalue weighted by Crippen LogP contribution is 2.23. The summed E-state index contributed by atoms with van der Waals surface area (Å²) in [6, 6.07) is 8.25. The van der Waals surface area contributed by atoms with Crippen molar-refractivity contribution in [1.82, 2.24) is 4.98 Å². The zero-order chi connectivity index (χ0) is 11.4. The Hall–Kier alpha value is -1.61. The van der Waals surface area contributed by atoms with E-state index >= 15 is 0 Å². The predicted octanol–water partition coefficient (Wildman–Crippen LogP) is 2.47. The molecule has 84 valence electrons. The first-order valence-electron chi connectivity index (χ1n) is 5.40. The molecule has 0 spiro atoms. The highest BCUT2D eigenvalue weighted by molar-refractivity contribution is 5.92. The average Bonchev–Trinajstić information content (AvgIpc) is 2.35. The van der Waals surface area contributed by atoms with E-state index in [9.17, 15) is 0 Å². The zero-order valence-electron chi connectivity index (χ0n) is 9.66. The minimum Gasteiger partial charge on any atom is -0.388 e. The highest BCUT2D eigenvalue weighted by Gasteiger charge is 2.04. The normalized spacial score (nSPS) is 10.6. The first-order valence-corrected chi connectivity index (χ1v) is 5.40. The SMILES string of the molecule is CNc1ccnc2c(CCOC)cccc12. The third-order valence-electron chi connectivity index (χ3n) is 2.70. The van der Waals surface area contributed by atoms with Crippen molar-refractivity contribution < 1.29 is 4.74 Å². The van der Waals surface area contributed by atoms with Crippen LogP contribution in [0.4, 0.5) is 5.69 Å². The quantitative estimate of drug-likeness (QED) is 0.852. The molecule has 0 amide bonds. The first-order chi connectivity index (χ1) is 7.86. The third kappa shape index (κ3) is 1.99. The maximum absolute atomic E-state index is 5.11. The Bertz CT molecular complexity index is 482. The van der Waals surface area contributed by atoms with Gasteiger partial charge in [0.05, 0.1) is 12.1 Å². The number of para-hydroxylation sites is 1. The van der Waals surface area contributed by atoms with Crippen molar-refractivity contribution in [3.05, 3.63) is 36.0 Å². The molecule has 0 radical (unpaired) electrons. The molecule has 0 bridgehead atoms. The second-order valence-electron chi connectivity index (χ2n) is 3.66. The van der Waals surface area contributed by atoms with E-state index in [-0.39, 0.29) is 0 Å². The number of nitrogens with one attached hydrogen (secondary N) is 1. The van der Waals surface area contributed by atoms with Gasteiger partial charge in [0, 0.05) is 31.4 Å². The molecule has 0 aliphatic carbocycles. The molecule has 0 aliphatic heterocycles. The molecule has 1 heterocycles. The molecular formula is C13H16N2O. The van der Waals surface area contributed by atoms with Crippen molar-refractivity contribution >= 4 is 16.6 Å². The van der Waals surface area contributed by atoms with Gasteiger partial charge in [0.15, 0.2) is 0 Å². The lowest BCUT2D eigenvalue weighted by Crippen LogP contribution is -1.98. The highest BCUT2D eigenvalue weighted by atomic mass is 16.5. The number of ether oxygens (including phenoxy) is 1. The van der Waals surface area contributed by atoms with Gasteiger partial charge in [-0.3, -0.25) is 4.98 Å². The molecular weight excluding hydrogens is 200 g/mol. The number of aromatic nitrogens is 1. The summed E-state index contributed by atoms with van der Waals surface area (Å²) in [6.07, 6.45) is 2.73. The van der Waals surface area contributed by atoms with E-state index in [4.69, 9.17) is 4.74 Å². The van der Waals surface area contributed by atoms with Crippen LogP contribution in [0.2, 0.25) is 0 Å². The number of fused-ring (bicyclic) bond motifs is 1. The Morgan fingerprint density at radius 3 is 2.94 bits per heavy atom. The predicted molar refractivity (Wildman–Crippen MR) is 66.9 cm³/mol. The summed E-state index contributed by atoms with van der Waals surface area (Å²) >= 11 is 0. The van der Waals surface area contributed by atoms with E-state index in [1.165, 1.54) is 10.9 Å². The van der Waals surface area contributed by atoms with Crippen molar-refractivity contribution in [3.8, 4) is 0 Å². The molecule has 0 saturated heterocycles. The van der Waals surface area contributed by atoms with Gasteiger partial charge in [0.1, 0.15) is 0 Å². The van der Waals surface area contributed by atoms with Crippen LogP contribution < -0.4 is 5.32 Å². The van der Waals surface area contributed by atoms with Crippen LogP contribution in [0.15, 0.2) is 30.5 Å². The Balaban J connectivity index is 2.51. The molecule has 3 nitrogen and oxygen atoms in total. The van der Waals surface area contributed by atoms with Gasteiger partial charge in [0.25, 0.3) is 0 Å². The zero-order valence-corrected chi connectivity index (χ0v) is 9.66. The molecule has 1 N–H and O–H groups in total. The number of pyridine rings is 1. The number of hydrogen-bond donors (Lipinski definition) is 1. The summed E-state index contributed by atoms with van der Waals surface area (Å²) < 4.78 is 5.11. The van der Waals surface area contributed by atoms with E-state index in [1.54, 1.807) is 7.11 Å². The number of methoxy groups -OCH3 is 1. The van der Waals surface area contributed by atoms with E-state index < -0.39 is 0 Å². The molecule has 16 heavy (non-hydrogen) atoms. The van der Waals surface area contributed by atoms with Gasteiger partial charge in [0.2, 0.25) is 0 Å². The van der Waals surface area contributed by atoms with Gasteiger partial charge in [-0.15, -0.1) is 0 Å². The van der Waals surface area contributed by atoms with Gasteiger partial charge in [-0.05, 0) is 18.1 Å². The van der Waals surface area contributed by atoms with Crippen LogP contribution in [0, 0.1) is 0 Å². The fraction of sp³-hybridized carbons (Fsp3) is 0.308. The molecule has 1 aromatic carbocycles. The van der Waals surface area contributed by atoms with Crippen LogP contribution in [-0.2, 0) is 11.2 Å². The standard InChI is InChI=1S/C13H16N2O/c1-14-12-6-8-15-13-10(7-9-16-2)4-3-5-11(12)13/h3-6,8H,7,9H2,1-2H3,(H,14,15). The summed E-state index contributed by atoms with van der Waals surface area (Å²) in [7, 11) is 3.65. The van der Waals surface area contributed by atoms with Crippen molar-refractivity contribution in [2.45, 2.75) is 6.42 Å². The van der Waals surface area contributed by atoms with Gasteiger partial charge in [-0.2, -0.15) is 0 Å². The van der Waals surface area contributed by atoms with Crippen molar-refractivity contribution in [2.24, 2.45) is 0 Å². The van der Waals surface area contributed by atoms with Crippen molar-refractivity contribution in [2.75, 3.05) is 26.1 Å². The average molecular weight is 216 g/mol. The fourth-order valence-corrected chi connectivity index (χ4v) is 1.87. The number of rotatable bonds is 4. The van der Waals surface area contributed by atoms with E-state index in [0.717, 1.165) is 24.2 Å². The molecule has 0 aliphatic rings. The Morgan fingerprint density at radius 2 is 2.19 bits per heavy atom. The second-order valence-corrected chi connectivity index (χ2v) is 3.66.